The molecule has 0 aliphatic heterocycles. The minimum Gasteiger partial charge on any atom is -0.424 e. The largest absolute Gasteiger partial charge is 0.424 e. The first-order valence-electron chi connectivity index (χ1n) is 3.42. The Bertz CT molecular complexity index is 192. The Morgan fingerprint density at radius 3 is 2.75 bits per heavy atom. The highest BCUT2D eigenvalue weighted by Crippen LogP contribution is 2.07. The van der Waals surface area contributed by atoms with E-state index in [1.54, 1.807) is 0 Å². The molecule has 0 spiro atoms. The van der Waals surface area contributed by atoms with Gasteiger partial charge in [-0.1, -0.05) is 0 Å². The van der Waals surface area contributed by atoms with E-state index in [1.807, 2.05) is 6.92 Å². The van der Waals surface area contributed by atoms with Crippen molar-refractivity contribution in [3.05, 3.63) is 0 Å². The lowest BCUT2D eigenvalue weighted by Crippen LogP contribution is -2.01. The summed E-state index contributed by atoms with van der Waals surface area (Å²) in [5.41, 5.74) is 0. The number of rotatable bonds is 7. The molecule has 0 atom stereocenters. The molecular formula is C4H12O5S2Si. The van der Waals surface area contributed by atoms with Crippen LogP contribution in [0.4, 0.5) is 0 Å². The van der Waals surface area contributed by atoms with Gasteiger partial charge in [0, 0.05) is 24.4 Å². The fourth-order valence-corrected chi connectivity index (χ4v) is 2.65. The predicted molar refractivity (Wildman–Crippen MR) is 50.1 cm³/mol. The van der Waals surface area contributed by atoms with Crippen molar-refractivity contribution in [3.63, 3.8) is 0 Å². The zero-order valence-electron chi connectivity index (χ0n) is 6.73. The standard InChI is InChI=1S/C4H12O5S2Si/c1-2-8-12-4-3-10-9-11(5,6)7/h2-4,12H2,1H3,(H,5,6,7). The molecule has 1 N–H and O–H groups in total. The Kier molecular flexibility index (Phi) is 7.09. The molecular weight excluding hydrogens is 220 g/mol. The van der Waals surface area contributed by atoms with Gasteiger partial charge in [-0.25, -0.2) is 0 Å². The predicted octanol–water partition coefficient (Wildman–Crippen LogP) is -0.00740. The highest BCUT2D eigenvalue weighted by molar-refractivity contribution is 8.02. The van der Waals surface area contributed by atoms with Crippen LogP contribution in [0, 0.1) is 0 Å². The van der Waals surface area contributed by atoms with E-state index in [0.29, 0.717) is 12.4 Å². The van der Waals surface area contributed by atoms with Gasteiger partial charge in [0.25, 0.3) is 0 Å². The molecule has 0 bridgehead atoms. The molecule has 12 heavy (non-hydrogen) atoms. The Hall–Kier alpha value is 0.397. The van der Waals surface area contributed by atoms with Crippen molar-refractivity contribution in [2.24, 2.45) is 0 Å². The number of hydrogen-bond donors (Lipinski definition) is 1. The maximum absolute atomic E-state index is 10.0. The van der Waals surface area contributed by atoms with Crippen LogP contribution in [0.2, 0.25) is 6.04 Å². The summed E-state index contributed by atoms with van der Waals surface area (Å²) in [6.07, 6.45) is 0. The van der Waals surface area contributed by atoms with Gasteiger partial charge in [0.15, 0.2) is 9.76 Å². The van der Waals surface area contributed by atoms with E-state index in [0.717, 1.165) is 18.1 Å². The summed E-state index contributed by atoms with van der Waals surface area (Å²) in [5.74, 6) is 0.534. The third kappa shape index (κ3) is 10.4. The summed E-state index contributed by atoms with van der Waals surface area (Å²) in [6, 6.07) is 0.827. The average molecular weight is 232 g/mol. The van der Waals surface area contributed by atoms with Crippen molar-refractivity contribution in [1.29, 1.82) is 0 Å². The second-order valence-electron chi connectivity index (χ2n) is 1.87. The lowest BCUT2D eigenvalue weighted by molar-refractivity contribution is 0.360. The molecule has 0 aromatic heterocycles. The van der Waals surface area contributed by atoms with Crippen molar-refractivity contribution in [2.45, 2.75) is 13.0 Å². The SMILES string of the molecule is CCO[SiH2]CCSOS(=O)(=O)O. The quantitative estimate of drug-likeness (QED) is 0.288. The van der Waals surface area contributed by atoms with E-state index in [4.69, 9.17) is 8.98 Å². The molecule has 0 heterocycles. The molecule has 0 saturated carbocycles. The zero-order chi connectivity index (χ0) is 9.45. The Morgan fingerprint density at radius 1 is 1.58 bits per heavy atom. The van der Waals surface area contributed by atoms with Crippen molar-refractivity contribution < 1.29 is 21.0 Å². The van der Waals surface area contributed by atoms with E-state index in [1.165, 1.54) is 0 Å². The van der Waals surface area contributed by atoms with E-state index in [-0.39, 0.29) is 0 Å². The maximum Gasteiger partial charge on any atom is 0.408 e. The summed E-state index contributed by atoms with van der Waals surface area (Å²) >= 11 is 0.727. The van der Waals surface area contributed by atoms with E-state index in [9.17, 15) is 8.42 Å². The molecule has 0 saturated heterocycles. The fraction of sp³-hybridized carbons (Fsp3) is 1.00. The summed E-state index contributed by atoms with van der Waals surface area (Å²) in [5, 5.41) is 0. The van der Waals surface area contributed by atoms with Gasteiger partial charge in [0.2, 0.25) is 0 Å². The van der Waals surface area contributed by atoms with Crippen LogP contribution in [-0.2, 0) is 18.5 Å². The molecule has 0 fully saturated rings. The van der Waals surface area contributed by atoms with E-state index < -0.39 is 20.2 Å². The van der Waals surface area contributed by atoms with Crippen LogP contribution in [0.1, 0.15) is 6.92 Å². The van der Waals surface area contributed by atoms with Gasteiger partial charge in [-0.15, -0.1) is 0 Å². The lowest BCUT2D eigenvalue weighted by Gasteiger charge is -1.98. The van der Waals surface area contributed by atoms with Crippen LogP contribution in [0.5, 0.6) is 0 Å². The van der Waals surface area contributed by atoms with Crippen LogP contribution >= 0.6 is 12.0 Å². The van der Waals surface area contributed by atoms with Gasteiger partial charge in [-0.3, -0.25) is 4.55 Å². The zero-order valence-corrected chi connectivity index (χ0v) is 9.77. The molecule has 8 heteroatoms. The first-order chi connectivity index (χ1) is 5.56. The van der Waals surface area contributed by atoms with Crippen LogP contribution in [0.25, 0.3) is 0 Å². The molecule has 5 nitrogen and oxygen atoms in total. The molecule has 0 aliphatic carbocycles. The second kappa shape index (κ2) is 6.86. The fourth-order valence-electron chi connectivity index (χ4n) is 0.459. The van der Waals surface area contributed by atoms with Crippen molar-refractivity contribution in [1.82, 2.24) is 0 Å². The average Bonchev–Trinajstić information content (AvgIpc) is 1.94. The van der Waals surface area contributed by atoms with Crippen LogP contribution in [0.15, 0.2) is 0 Å². The van der Waals surface area contributed by atoms with Gasteiger partial charge in [-0.05, 0) is 13.0 Å². The van der Waals surface area contributed by atoms with Crippen LogP contribution in [-0.4, -0.2) is 35.1 Å². The smallest absolute Gasteiger partial charge is 0.408 e. The van der Waals surface area contributed by atoms with Crippen molar-refractivity contribution in [2.75, 3.05) is 12.4 Å². The third-order valence-corrected chi connectivity index (χ3v) is 4.23. The molecule has 0 rings (SSSR count). The Labute approximate surface area is 78.9 Å². The third-order valence-electron chi connectivity index (χ3n) is 0.855. The molecule has 0 aliphatic rings. The minimum absolute atomic E-state index is 0.530. The van der Waals surface area contributed by atoms with E-state index >= 15 is 0 Å². The molecule has 0 aromatic carbocycles. The highest BCUT2D eigenvalue weighted by Gasteiger charge is 2.03. The van der Waals surface area contributed by atoms with Crippen molar-refractivity contribution in [3.8, 4) is 0 Å². The minimum atomic E-state index is -4.28. The molecule has 0 amide bonds. The maximum atomic E-state index is 10.0. The molecule has 0 unspecified atom stereocenters. The second-order valence-corrected chi connectivity index (χ2v) is 5.44. The van der Waals surface area contributed by atoms with Gasteiger partial charge < -0.3 is 4.43 Å². The van der Waals surface area contributed by atoms with Gasteiger partial charge in [-0.2, -0.15) is 12.0 Å². The van der Waals surface area contributed by atoms with E-state index in [2.05, 4.69) is 3.63 Å². The summed E-state index contributed by atoms with van der Waals surface area (Å²) in [7, 11) is -4.81. The summed E-state index contributed by atoms with van der Waals surface area (Å²) in [6.45, 7) is 2.62. The molecule has 0 aromatic rings. The summed E-state index contributed by atoms with van der Waals surface area (Å²) in [4.78, 5) is 0. The topological polar surface area (TPSA) is 72.8 Å². The normalized spacial score (nSPS) is 12.8. The molecule has 0 radical (unpaired) electrons. The van der Waals surface area contributed by atoms with Crippen molar-refractivity contribution >= 4 is 32.2 Å². The highest BCUT2D eigenvalue weighted by atomic mass is 32.3. The summed E-state index contributed by atoms with van der Waals surface area (Å²) < 4.78 is 37.3. The van der Waals surface area contributed by atoms with Gasteiger partial charge >= 0.3 is 10.4 Å². The first-order valence-corrected chi connectivity index (χ1v) is 7.28. The first kappa shape index (κ1) is 12.4. The lowest BCUT2D eigenvalue weighted by atomic mass is 10.9. The molecule has 74 valence electrons. The van der Waals surface area contributed by atoms with Gasteiger partial charge in [0.05, 0.1) is 0 Å². The van der Waals surface area contributed by atoms with Gasteiger partial charge in [0.1, 0.15) is 0 Å². The number of hydrogen-bond acceptors (Lipinski definition) is 5. The Morgan fingerprint density at radius 2 is 2.25 bits per heavy atom. The Balaban J connectivity index is 3.12. The van der Waals surface area contributed by atoms with Crippen LogP contribution in [0.3, 0.4) is 0 Å². The monoisotopic (exact) mass is 232 g/mol. The van der Waals surface area contributed by atoms with Crippen LogP contribution < -0.4 is 0 Å².